The average molecular weight is 285 g/mol. The molecule has 3 nitrogen and oxygen atoms in total. The van der Waals surface area contributed by atoms with Crippen molar-refractivity contribution in [3.63, 3.8) is 0 Å². The average Bonchev–Trinajstić information content (AvgIpc) is 2.49. The van der Waals surface area contributed by atoms with Crippen molar-refractivity contribution in [1.82, 2.24) is 0 Å². The van der Waals surface area contributed by atoms with Gasteiger partial charge in [-0.3, -0.25) is 0 Å². The molecule has 0 radical (unpaired) electrons. The van der Waals surface area contributed by atoms with E-state index in [1.54, 1.807) is 14.2 Å². The Morgan fingerprint density at radius 2 is 1.81 bits per heavy atom. The molecule has 0 amide bonds. The minimum Gasteiger partial charge on any atom is -0.497 e. The minimum absolute atomic E-state index is 0.313. The standard InChI is InChI=1S/C18H23NO2/c1-13-11-16(20-3)9-10-17(13)19-14(2)12-15-7-5-6-8-18(15)21-4/h5-11,14,19H,12H2,1-4H3. The quantitative estimate of drug-likeness (QED) is 0.868. The van der Waals surface area contributed by atoms with Crippen LogP contribution >= 0.6 is 0 Å². The van der Waals surface area contributed by atoms with E-state index in [-0.39, 0.29) is 0 Å². The summed E-state index contributed by atoms with van der Waals surface area (Å²) in [6.45, 7) is 4.26. The molecule has 2 rings (SSSR count). The maximum atomic E-state index is 5.41. The highest BCUT2D eigenvalue weighted by molar-refractivity contribution is 5.54. The number of hydrogen-bond acceptors (Lipinski definition) is 3. The van der Waals surface area contributed by atoms with Gasteiger partial charge in [-0.2, -0.15) is 0 Å². The van der Waals surface area contributed by atoms with Gasteiger partial charge >= 0.3 is 0 Å². The Balaban J connectivity index is 2.06. The van der Waals surface area contributed by atoms with Crippen molar-refractivity contribution in [3.05, 3.63) is 53.6 Å². The maximum absolute atomic E-state index is 5.41. The molecule has 1 atom stereocenters. The Labute approximate surface area is 126 Å². The van der Waals surface area contributed by atoms with Crippen LogP contribution in [0.4, 0.5) is 5.69 Å². The predicted molar refractivity (Wildman–Crippen MR) is 87.5 cm³/mol. The molecule has 0 spiro atoms. The van der Waals surface area contributed by atoms with Crippen molar-refractivity contribution < 1.29 is 9.47 Å². The summed E-state index contributed by atoms with van der Waals surface area (Å²) in [5, 5.41) is 3.55. The SMILES string of the molecule is COc1ccc(NC(C)Cc2ccccc2OC)c(C)c1. The maximum Gasteiger partial charge on any atom is 0.122 e. The van der Waals surface area contributed by atoms with Gasteiger partial charge in [-0.15, -0.1) is 0 Å². The normalized spacial score (nSPS) is 11.8. The van der Waals surface area contributed by atoms with Gasteiger partial charge in [0.2, 0.25) is 0 Å². The van der Waals surface area contributed by atoms with E-state index in [2.05, 4.69) is 31.3 Å². The van der Waals surface area contributed by atoms with Gasteiger partial charge < -0.3 is 14.8 Å². The molecule has 0 aliphatic carbocycles. The van der Waals surface area contributed by atoms with Crippen molar-refractivity contribution in [2.45, 2.75) is 26.3 Å². The summed E-state index contributed by atoms with van der Waals surface area (Å²) in [6.07, 6.45) is 0.912. The second-order valence-corrected chi connectivity index (χ2v) is 5.24. The Kier molecular flexibility index (Phi) is 5.09. The highest BCUT2D eigenvalue weighted by Gasteiger charge is 2.09. The van der Waals surface area contributed by atoms with Crippen molar-refractivity contribution in [1.29, 1.82) is 0 Å². The first-order chi connectivity index (χ1) is 10.1. The van der Waals surface area contributed by atoms with Crippen LogP contribution in [0.25, 0.3) is 0 Å². The first-order valence-corrected chi connectivity index (χ1v) is 7.17. The third kappa shape index (κ3) is 3.91. The van der Waals surface area contributed by atoms with E-state index in [9.17, 15) is 0 Å². The molecule has 0 bridgehead atoms. The van der Waals surface area contributed by atoms with Crippen LogP contribution in [0.1, 0.15) is 18.1 Å². The van der Waals surface area contributed by atoms with E-state index in [4.69, 9.17) is 9.47 Å². The Bertz CT molecular complexity index is 596. The Hall–Kier alpha value is -2.16. The number of benzene rings is 2. The molecule has 0 saturated heterocycles. The zero-order valence-electron chi connectivity index (χ0n) is 13.1. The van der Waals surface area contributed by atoms with Crippen LogP contribution in [0.2, 0.25) is 0 Å². The van der Waals surface area contributed by atoms with E-state index in [1.165, 1.54) is 11.1 Å². The molecule has 0 heterocycles. The van der Waals surface area contributed by atoms with Gasteiger partial charge in [0.25, 0.3) is 0 Å². The summed E-state index contributed by atoms with van der Waals surface area (Å²) < 4.78 is 10.6. The number of methoxy groups -OCH3 is 2. The van der Waals surface area contributed by atoms with Crippen LogP contribution in [0.3, 0.4) is 0 Å². The number of aryl methyl sites for hydroxylation is 1. The zero-order valence-corrected chi connectivity index (χ0v) is 13.1. The number of rotatable bonds is 6. The molecule has 112 valence electrons. The number of para-hydroxylation sites is 1. The van der Waals surface area contributed by atoms with Crippen LogP contribution in [-0.4, -0.2) is 20.3 Å². The van der Waals surface area contributed by atoms with Gasteiger partial charge in [0.15, 0.2) is 0 Å². The van der Waals surface area contributed by atoms with Gasteiger partial charge in [-0.1, -0.05) is 18.2 Å². The molecule has 1 N–H and O–H groups in total. The van der Waals surface area contributed by atoms with Gasteiger partial charge in [0, 0.05) is 11.7 Å². The molecule has 0 fully saturated rings. The molecule has 21 heavy (non-hydrogen) atoms. The molecule has 2 aromatic carbocycles. The Morgan fingerprint density at radius 3 is 2.48 bits per heavy atom. The second-order valence-electron chi connectivity index (χ2n) is 5.24. The second kappa shape index (κ2) is 7.02. The summed E-state index contributed by atoms with van der Waals surface area (Å²) in [5.41, 5.74) is 3.53. The van der Waals surface area contributed by atoms with Gasteiger partial charge in [-0.05, 0) is 55.7 Å². The van der Waals surface area contributed by atoms with E-state index >= 15 is 0 Å². The monoisotopic (exact) mass is 285 g/mol. The summed E-state index contributed by atoms with van der Waals surface area (Å²) in [6, 6.07) is 14.5. The number of nitrogens with one attached hydrogen (secondary N) is 1. The molecule has 0 aromatic heterocycles. The van der Waals surface area contributed by atoms with Crippen molar-refractivity contribution in [2.75, 3.05) is 19.5 Å². The zero-order chi connectivity index (χ0) is 15.2. The molecule has 0 aliphatic heterocycles. The lowest BCUT2D eigenvalue weighted by Crippen LogP contribution is -2.19. The first kappa shape index (κ1) is 15.2. The van der Waals surface area contributed by atoms with Crippen molar-refractivity contribution in [2.24, 2.45) is 0 Å². The number of hydrogen-bond donors (Lipinski definition) is 1. The van der Waals surface area contributed by atoms with Crippen molar-refractivity contribution in [3.8, 4) is 11.5 Å². The highest BCUT2D eigenvalue weighted by Crippen LogP contribution is 2.24. The lowest BCUT2D eigenvalue weighted by molar-refractivity contribution is 0.409. The summed E-state index contributed by atoms with van der Waals surface area (Å²) in [5.74, 6) is 1.83. The van der Waals surface area contributed by atoms with Crippen LogP contribution in [0, 0.1) is 6.92 Å². The van der Waals surface area contributed by atoms with Gasteiger partial charge in [-0.25, -0.2) is 0 Å². The minimum atomic E-state index is 0.313. The fourth-order valence-corrected chi connectivity index (χ4v) is 2.44. The Morgan fingerprint density at radius 1 is 1.05 bits per heavy atom. The molecule has 1 unspecified atom stereocenters. The van der Waals surface area contributed by atoms with Crippen LogP contribution in [0.15, 0.2) is 42.5 Å². The van der Waals surface area contributed by atoms with E-state index < -0.39 is 0 Å². The first-order valence-electron chi connectivity index (χ1n) is 7.17. The van der Waals surface area contributed by atoms with Crippen LogP contribution in [0.5, 0.6) is 11.5 Å². The van der Waals surface area contributed by atoms with Crippen LogP contribution in [-0.2, 0) is 6.42 Å². The van der Waals surface area contributed by atoms with E-state index in [0.29, 0.717) is 6.04 Å². The fourth-order valence-electron chi connectivity index (χ4n) is 2.44. The third-order valence-corrected chi connectivity index (χ3v) is 3.55. The van der Waals surface area contributed by atoms with E-state index in [0.717, 1.165) is 23.6 Å². The molecule has 0 saturated carbocycles. The lowest BCUT2D eigenvalue weighted by Gasteiger charge is -2.19. The van der Waals surface area contributed by atoms with Crippen LogP contribution < -0.4 is 14.8 Å². The smallest absolute Gasteiger partial charge is 0.122 e. The van der Waals surface area contributed by atoms with Gasteiger partial charge in [0.05, 0.1) is 14.2 Å². The molecule has 0 aliphatic rings. The fraction of sp³-hybridized carbons (Fsp3) is 0.333. The summed E-state index contributed by atoms with van der Waals surface area (Å²) in [7, 11) is 3.40. The number of ether oxygens (including phenoxy) is 2. The van der Waals surface area contributed by atoms with Gasteiger partial charge in [0.1, 0.15) is 11.5 Å². The van der Waals surface area contributed by atoms with E-state index in [1.807, 2.05) is 30.3 Å². The summed E-state index contributed by atoms with van der Waals surface area (Å²) >= 11 is 0. The third-order valence-electron chi connectivity index (χ3n) is 3.55. The summed E-state index contributed by atoms with van der Waals surface area (Å²) in [4.78, 5) is 0. The topological polar surface area (TPSA) is 30.5 Å². The molecular weight excluding hydrogens is 262 g/mol. The lowest BCUT2D eigenvalue weighted by atomic mass is 10.1. The largest absolute Gasteiger partial charge is 0.497 e. The molecular formula is C18H23NO2. The highest BCUT2D eigenvalue weighted by atomic mass is 16.5. The molecule has 3 heteroatoms. The number of anilines is 1. The van der Waals surface area contributed by atoms with Crippen molar-refractivity contribution >= 4 is 5.69 Å². The molecule has 2 aromatic rings. The predicted octanol–water partition coefficient (Wildman–Crippen LogP) is 4.06.